The van der Waals surface area contributed by atoms with Gasteiger partial charge in [-0.15, -0.1) is 0 Å². The van der Waals surface area contributed by atoms with Gasteiger partial charge in [0.15, 0.2) is 0 Å². The van der Waals surface area contributed by atoms with Crippen molar-refractivity contribution >= 4 is 0 Å². The van der Waals surface area contributed by atoms with E-state index in [9.17, 15) is 5.11 Å². The van der Waals surface area contributed by atoms with E-state index in [1.807, 2.05) is 12.1 Å². The number of para-hydroxylation sites is 1. The molecule has 3 N–H and O–H groups in total. The molecule has 1 aliphatic carbocycles. The van der Waals surface area contributed by atoms with Crippen LogP contribution in [0.3, 0.4) is 0 Å². The quantitative estimate of drug-likeness (QED) is 0.789. The Bertz CT molecular complexity index is 548. The number of phenols is 1. The van der Waals surface area contributed by atoms with Crippen molar-refractivity contribution in [2.24, 2.45) is 5.73 Å². The smallest absolute Gasteiger partial charge is 0.142 e. The zero-order valence-electron chi connectivity index (χ0n) is 9.39. The van der Waals surface area contributed by atoms with E-state index in [0.29, 0.717) is 11.3 Å². The summed E-state index contributed by atoms with van der Waals surface area (Å²) in [5.41, 5.74) is 8.43. The first kappa shape index (κ1) is 10.4. The van der Waals surface area contributed by atoms with Gasteiger partial charge in [0.05, 0.1) is 0 Å². The summed E-state index contributed by atoms with van der Waals surface area (Å²) >= 11 is 0. The van der Waals surface area contributed by atoms with Gasteiger partial charge in [0.1, 0.15) is 17.2 Å². The third kappa shape index (κ3) is 1.61. The minimum absolute atomic E-state index is 0.0420. The number of aromatic nitrogens is 1. The molecule has 17 heavy (non-hydrogen) atoms. The fourth-order valence-electron chi connectivity index (χ4n) is 2.39. The van der Waals surface area contributed by atoms with Gasteiger partial charge in [-0.3, -0.25) is 0 Å². The fourth-order valence-corrected chi connectivity index (χ4v) is 2.39. The van der Waals surface area contributed by atoms with E-state index >= 15 is 0 Å². The van der Waals surface area contributed by atoms with E-state index in [2.05, 4.69) is 5.16 Å². The number of rotatable bonds is 1. The van der Waals surface area contributed by atoms with Crippen molar-refractivity contribution in [3.8, 4) is 17.0 Å². The summed E-state index contributed by atoms with van der Waals surface area (Å²) in [6.45, 7) is 0. The van der Waals surface area contributed by atoms with E-state index in [1.165, 1.54) is 0 Å². The second-order valence-corrected chi connectivity index (χ2v) is 4.38. The molecule has 0 saturated heterocycles. The molecule has 1 unspecified atom stereocenters. The number of benzene rings is 1. The van der Waals surface area contributed by atoms with E-state index in [0.717, 1.165) is 30.6 Å². The average molecular weight is 230 g/mol. The van der Waals surface area contributed by atoms with Crippen LogP contribution in [0.2, 0.25) is 0 Å². The number of aromatic hydroxyl groups is 1. The maximum absolute atomic E-state index is 9.85. The first-order chi connectivity index (χ1) is 8.27. The van der Waals surface area contributed by atoms with E-state index in [4.69, 9.17) is 10.3 Å². The van der Waals surface area contributed by atoms with Crippen LogP contribution >= 0.6 is 0 Å². The summed E-state index contributed by atoms with van der Waals surface area (Å²) in [5, 5.41) is 13.9. The predicted molar refractivity (Wildman–Crippen MR) is 63.5 cm³/mol. The maximum Gasteiger partial charge on any atom is 0.142 e. The minimum atomic E-state index is -0.0420. The summed E-state index contributed by atoms with van der Waals surface area (Å²) < 4.78 is 5.33. The number of aryl methyl sites for hydroxylation is 1. The van der Waals surface area contributed by atoms with Crippen molar-refractivity contribution in [3.05, 3.63) is 35.6 Å². The highest BCUT2D eigenvalue weighted by atomic mass is 16.5. The number of fused-ring (bicyclic) bond motifs is 1. The first-order valence-electron chi connectivity index (χ1n) is 5.80. The summed E-state index contributed by atoms with van der Waals surface area (Å²) in [6, 6.07) is 7.08. The lowest BCUT2D eigenvalue weighted by Gasteiger charge is -2.17. The third-order valence-corrected chi connectivity index (χ3v) is 3.25. The average Bonchev–Trinajstić information content (AvgIpc) is 2.75. The van der Waals surface area contributed by atoms with Crippen LogP contribution in [-0.2, 0) is 6.42 Å². The van der Waals surface area contributed by atoms with Crippen molar-refractivity contribution in [1.29, 1.82) is 0 Å². The molecule has 0 aliphatic heterocycles. The molecule has 0 spiro atoms. The van der Waals surface area contributed by atoms with Crippen molar-refractivity contribution in [2.75, 3.05) is 0 Å². The molecule has 1 aromatic heterocycles. The van der Waals surface area contributed by atoms with E-state index in [-0.39, 0.29) is 11.8 Å². The van der Waals surface area contributed by atoms with Gasteiger partial charge in [0, 0.05) is 23.6 Å². The monoisotopic (exact) mass is 230 g/mol. The fraction of sp³-hybridized carbons (Fsp3) is 0.308. The largest absolute Gasteiger partial charge is 0.507 e. The Morgan fingerprint density at radius 3 is 3.00 bits per heavy atom. The molecule has 0 bridgehead atoms. The summed E-state index contributed by atoms with van der Waals surface area (Å²) in [5.74, 6) is 1.07. The molecule has 0 radical (unpaired) electrons. The second-order valence-electron chi connectivity index (χ2n) is 4.38. The van der Waals surface area contributed by atoms with Crippen molar-refractivity contribution in [1.82, 2.24) is 5.16 Å². The number of phenolic OH excluding ortho intramolecular Hbond substituents is 1. The van der Waals surface area contributed by atoms with Gasteiger partial charge < -0.3 is 15.4 Å². The molecule has 4 heteroatoms. The van der Waals surface area contributed by atoms with Crippen LogP contribution in [-0.4, -0.2) is 10.3 Å². The molecular formula is C13H14N2O2. The number of nitrogens with two attached hydrogens (primary N) is 1. The van der Waals surface area contributed by atoms with E-state index in [1.54, 1.807) is 12.1 Å². The number of nitrogens with zero attached hydrogens (tertiary/aromatic N) is 1. The topological polar surface area (TPSA) is 72.3 Å². The molecule has 1 atom stereocenters. The Morgan fingerprint density at radius 1 is 1.35 bits per heavy atom. The molecule has 1 aromatic carbocycles. The molecule has 1 heterocycles. The SMILES string of the molecule is NC1CCCc2onc(-c3ccccc3O)c21. The van der Waals surface area contributed by atoms with Gasteiger partial charge >= 0.3 is 0 Å². The van der Waals surface area contributed by atoms with Crippen LogP contribution in [0.4, 0.5) is 0 Å². The van der Waals surface area contributed by atoms with Gasteiger partial charge in [-0.1, -0.05) is 17.3 Å². The van der Waals surface area contributed by atoms with Crippen LogP contribution in [0.25, 0.3) is 11.3 Å². The van der Waals surface area contributed by atoms with E-state index < -0.39 is 0 Å². The van der Waals surface area contributed by atoms with Crippen LogP contribution in [0.5, 0.6) is 5.75 Å². The molecular weight excluding hydrogens is 216 g/mol. The third-order valence-electron chi connectivity index (χ3n) is 3.25. The Hall–Kier alpha value is -1.81. The highest BCUT2D eigenvalue weighted by Gasteiger charge is 2.27. The lowest BCUT2D eigenvalue weighted by atomic mass is 9.90. The summed E-state index contributed by atoms with van der Waals surface area (Å²) in [7, 11) is 0. The molecule has 4 nitrogen and oxygen atoms in total. The van der Waals surface area contributed by atoms with Crippen LogP contribution in [0, 0.1) is 0 Å². The van der Waals surface area contributed by atoms with Gasteiger partial charge in [0.25, 0.3) is 0 Å². The van der Waals surface area contributed by atoms with Gasteiger partial charge in [0.2, 0.25) is 0 Å². The second kappa shape index (κ2) is 3.89. The zero-order chi connectivity index (χ0) is 11.8. The highest BCUT2D eigenvalue weighted by Crippen LogP contribution is 2.38. The first-order valence-corrected chi connectivity index (χ1v) is 5.80. The summed E-state index contributed by atoms with van der Waals surface area (Å²) in [6.07, 6.45) is 2.85. The minimum Gasteiger partial charge on any atom is -0.507 e. The molecule has 0 amide bonds. The summed E-state index contributed by atoms with van der Waals surface area (Å²) in [4.78, 5) is 0. The Labute approximate surface area is 99.0 Å². The molecule has 1 aliphatic rings. The van der Waals surface area contributed by atoms with Crippen LogP contribution in [0.1, 0.15) is 30.2 Å². The number of hydrogen-bond acceptors (Lipinski definition) is 4. The van der Waals surface area contributed by atoms with Gasteiger partial charge in [-0.25, -0.2) is 0 Å². The molecule has 2 aromatic rings. The van der Waals surface area contributed by atoms with Gasteiger partial charge in [-0.2, -0.15) is 0 Å². The molecule has 0 fully saturated rings. The molecule has 3 rings (SSSR count). The Morgan fingerprint density at radius 2 is 2.18 bits per heavy atom. The lowest BCUT2D eigenvalue weighted by molar-refractivity contribution is 0.366. The van der Waals surface area contributed by atoms with Crippen LogP contribution < -0.4 is 5.73 Å². The Balaban J connectivity index is 2.17. The molecule has 88 valence electrons. The van der Waals surface area contributed by atoms with Crippen molar-refractivity contribution in [2.45, 2.75) is 25.3 Å². The highest BCUT2D eigenvalue weighted by molar-refractivity contribution is 5.70. The standard InChI is InChI=1S/C13H14N2O2/c14-9-5-3-7-11-12(9)13(15-17-11)8-4-1-2-6-10(8)16/h1-2,4,6,9,16H,3,5,7,14H2. The zero-order valence-corrected chi connectivity index (χ0v) is 9.39. The number of hydrogen-bond donors (Lipinski definition) is 2. The van der Waals surface area contributed by atoms with Crippen LogP contribution in [0.15, 0.2) is 28.8 Å². The van der Waals surface area contributed by atoms with Crippen molar-refractivity contribution in [3.63, 3.8) is 0 Å². The van der Waals surface area contributed by atoms with Crippen molar-refractivity contribution < 1.29 is 9.63 Å². The Kier molecular flexibility index (Phi) is 2.37. The normalized spacial score (nSPS) is 19.0. The van der Waals surface area contributed by atoms with Gasteiger partial charge in [-0.05, 0) is 25.0 Å². The predicted octanol–water partition coefficient (Wildman–Crippen LogP) is 2.38. The molecule has 0 saturated carbocycles. The lowest BCUT2D eigenvalue weighted by Crippen LogP contribution is -2.16. The maximum atomic E-state index is 9.85.